The molecule has 1 heterocycles. The van der Waals surface area contributed by atoms with E-state index in [4.69, 9.17) is 0 Å². The molecule has 0 atom stereocenters. The number of hydrogen-bond donors (Lipinski definition) is 1. The van der Waals surface area contributed by atoms with E-state index >= 15 is 0 Å². The Labute approximate surface area is 129 Å². The number of rotatable bonds is 5. The summed E-state index contributed by atoms with van der Waals surface area (Å²) in [6, 6.07) is 9.93. The molecule has 0 aliphatic heterocycles. The first kappa shape index (κ1) is 15.1. The Bertz CT molecular complexity index is 662. The molecule has 2 aromatic rings. The largest absolute Gasteiger partial charge is 0.352 e. The van der Waals surface area contributed by atoms with Gasteiger partial charge in [-0.15, -0.1) is 0 Å². The van der Waals surface area contributed by atoms with Crippen molar-refractivity contribution in [3.63, 3.8) is 0 Å². The number of carbonyl (C=O) groups excluding carboxylic acids is 1. The number of hydrogen-bond acceptors (Lipinski definition) is 4. The van der Waals surface area contributed by atoms with Crippen LogP contribution in [0.2, 0.25) is 0 Å². The first-order valence-electron chi connectivity index (χ1n) is 6.20. The Morgan fingerprint density at radius 3 is 2.76 bits per heavy atom. The van der Waals surface area contributed by atoms with Crippen molar-refractivity contribution < 1.29 is 9.72 Å². The fourth-order valence-electron chi connectivity index (χ4n) is 1.78. The highest BCUT2D eigenvalue weighted by Gasteiger charge is 2.18. The summed E-state index contributed by atoms with van der Waals surface area (Å²) in [5.74, 6) is -0.360. The van der Waals surface area contributed by atoms with Gasteiger partial charge in [-0.1, -0.05) is 12.1 Å². The molecule has 0 spiro atoms. The third kappa shape index (κ3) is 3.85. The molecule has 0 unspecified atom stereocenters. The van der Waals surface area contributed by atoms with Crippen LogP contribution in [-0.4, -0.2) is 22.4 Å². The van der Waals surface area contributed by atoms with E-state index in [1.165, 1.54) is 18.2 Å². The van der Waals surface area contributed by atoms with Crippen molar-refractivity contribution in [3.8, 4) is 0 Å². The topological polar surface area (TPSA) is 85.1 Å². The van der Waals surface area contributed by atoms with Gasteiger partial charge in [-0.2, -0.15) is 0 Å². The summed E-state index contributed by atoms with van der Waals surface area (Å²) >= 11 is 3.10. The molecule has 21 heavy (non-hydrogen) atoms. The summed E-state index contributed by atoms with van der Waals surface area (Å²) in [6.45, 7) is 0.408. The molecular formula is C14H12BrN3O3. The van der Waals surface area contributed by atoms with Crippen LogP contribution in [0.3, 0.4) is 0 Å². The average molecular weight is 350 g/mol. The fourth-order valence-corrected chi connectivity index (χ4v) is 2.37. The van der Waals surface area contributed by atoms with Gasteiger partial charge in [0.2, 0.25) is 0 Å². The fraction of sp³-hybridized carbons (Fsp3) is 0.143. The van der Waals surface area contributed by atoms with Crippen LogP contribution in [0.4, 0.5) is 5.69 Å². The molecule has 0 aliphatic carbocycles. The molecule has 7 heteroatoms. The minimum Gasteiger partial charge on any atom is -0.352 e. The predicted octanol–water partition coefficient (Wildman–Crippen LogP) is 2.72. The van der Waals surface area contributed by atoms with E-state index in [0.717, 1.165) is 5.69 Å². The Balaban J connectivity index is 2.01. The van der Waals surface area contributed by atoms with E-state index in [1.54, 1.807) is 6.20 Å². The number of pyridine rings is 1. The lowest BCUT2D eigenvalue weighted by molar-refractivity contribution is -0.385. The van der Waals surface area contributed by atoms with Gasteiger partial charge in [0.1, 0.15) is 4.47 Å². The first-order chi connectivity index (χ1) is 10.1. The lowest BCUT2D eigenvalue weighted by Gasteiger charge is -2.07. The number of nitrogens with one attached hydrogen (secondary N) is 1. The predicted molar refractivity (Wildman–Crippen MR) is 81.1 cm³/mol. The molecule has 2 rings (SSSR count). The lowest BCUT2D eigenvalue weighted by atomic mass is 10.2. The van der Waals surface area contributed by atoms with Crippen molar-refractivity contribution >= 4 is 27.5 Å². The van der Waals surface area contributed by atoms with Crippen molar-refractivity contribution in [2.24, 2.45) is 0 Å². The molecule has 108 valence electrons. The van der Waals surface area contributed by atoms with E-state index in [0.29, 0.717) is 13.0 Å². The van der Waals surface area contributed by atoms with Crippen molar-refractivity contribution in [1.29, 1.82) is 0 Å². The summed E-state index contributed by atoms with van der Waals surface area (Å²) in [4.78, 5) is 26.5. The zero-order valence-electron chi connectivity index (χ0n) is 11.0. The van der Waals surface area contributed by atoms with Gasteiger partial charge in [-0.3, -0.25) is 19.9 Å². The van der Waals surface area contributed by atoms with Gasteiger partial charge in [0, 0.05) is 30.9 Å². The first-order valence-corrected chi connectivity index (χ1v) is 7.00. The molecule has 0 saturated carbocycles. The quantitative estimate of drug-likeness (QED) is 0.664. The second-order valence-electron chi connectivity index (χ2n) is 4.22. The van der Waals surface area contributed by atoms with E-state index in [-0.39, 0.29) is 21.6 Å². The molecular weight excluding hydrogens is 338 g/mol. The highest BCUT2D eigenvalue weighted by atomic mass is 79.9. The van der Waals surface area contributed by atoms with Crippen LogP contribution in [-0.2, 0) is 6.42 Å². The SMILES string of the molecule is O=C(NCCc1ccccn1)c1cccc([N+](=O)[O-])c1Br. The Morgan fingerprint density at radius 1 is 1.29 bits per heavy atom. The molecule has 0 fully saturated rings. The standard InChI is InChI=1S/C14H12BrN3O3/c15-13-11(5-3-6-12(13)18(20)21)14(19)17-9-7-10-4-1-2-8-16-10/h1-6,8H,7,9H2,(H,17,19). The molecule has 6 nitrogen and oxygen atoms in total. The number of nitro groups is 1. The monoisotopic (exact) mass is 349 g/mol. The highest BCUT2D eigenvalue weighted by Crippen LogP contribution is 2.28. The zero-order chi connectivity index (χ0) is 15.2. The highest BCUT2D eigenvalue weighted by molar-refractivity contribution is 9.10. The molecule has 0 bridgehead atoms. The Morgan fingerprint density at radius 2 is 2.10 bits per heavy atom. The van der Waals surface area contributed by atoms with E-state index in [9.17, 15) is 14.9 Å². The Hall–Kier alpha value is -2.28. The van der Waals surface area contributed by atoms with Gasteiger partial charge < -0.3 is 5.32 Å². The minimum atomic E-state index is -0.533. The maximum Gasteiger partial charge on any atom is 0.284 e. The maximum absolute atomic E-state index is 12.0. The molecule has 1 aromatic heterocycles. The van der Waals surface area contributed by atoms with Gasteiger partial charge in [-0.05, 0) is 34.1 Å². The van der Waals surface area contributed by atoms with Crippen LogP contribution in [0.15, 0.2) is 47.1 Å². The van der Waals surface area contributed by atoms with Crippen molar-refractivity contribution in [2.75, 3.05) is 6.54 Å². The van der Waals surface area contributed by atoms with Crippen LogP contribution in [0, 0.1) is 10.1 Å². The summed E-state index contributed by atoms with van der Waals surface area (Å²) in [5.41, 5.74) is 0.980. The second kappa shape index (κ2) is 6.94. The van der Waals surface area contributed by atoms with E-state index in [2.05, 4.69) is 26.2 Å². The van der Waals surface area contributed by atoms with Crippen LogP contribution >= 0.6 is 15.9 Å². The molecule has 1 amide bonds. The molecule has 1 N–H and O–H groups in total. The van der Waals surface area contributed by atoms with Gasteiger partial charge in [0.15, 0.2) is 0 Å². The molecule has 1 aromatic carbocycles. The van der Waals surface area contributed by atoms with E-state index in [1.807, 2.05) is 18.2 Å². The van der Waals surface area contributed by atoms with Gasteiger partial charge in [0.05, 0.1) is 10.5 Å². The maximum atomic E-state index is 12.0. The van der Waals surface area contributed by atoms with Crippen molar-refractivity contribution in [3.05, 3.63) is 68.4 Å². The average Bonchev–Trinajstić information content (AvgIpc) is 2.48. The molecule has 0 saturated heterocycles. The molecule has 0 radical (unpaired) electrons. The number of nitro benzene ring substituents is 1. The Kier molecular flexibility index (Phi) is 4.99. The second-order valence-corrected chi connectivity index (χ2v) is 5.02. The minimum absolute atomic E-state index is 0.132. The zero-order valence-corrected chi connectivity index (χ0v) is 12.5. The van der Waals surface area contributed by atoms with E-state index < -0.39 is 4.92 Å². The van der Waals surface area contributed by atoms with Crippen molar-refractivity contribution in [2.45, 2.75) is 6.42 Å². The third-order valence-corrected chi connectivity index (χ3v) is 3.65. The number of benzene rings is 1. The third-order valence-electron chi connectivity index (χ3n) is 2.81. The van der Waals surface area contributed by atoms with Crippen LogP contribution in [0.5, 0.6) is 0 Å². The van der Waals surface area contributed by atoms with Crippen LogP contribution in [0.1, 0.15) is 16.1 Å². The van der Waals surface area contributed by atoms with Crippen LogP contribution < -0.4 is 5.32 Å². The lowest BCUT2D eigenvalue weighted by Crippen LogP contribution is -2.26. The van der Waals surface area contributed by atoms with Crippen molar-refractivity contribution in [1.82, 2.24) is 10.3 Å². The van der Waals surface area contributed by atoms with Gasteiger partial charge >= 0.3 is 0 Å². The number of carbonyl (C=O) groups is 1. The summed E-state index contributed by atoms with van der Waals surface area (Å²) in [5, 5.41) is 13.6. The smallest absolute Gasteiger partial charge is 0.284 e. The summed E-state index contributed by atoms with van der Waals surface area (Å²) < 4.78 is 0.185. The van der Waals surface area contributed by atoms with Crippen LogP contribution in [0.25, 0.3) is 0 Å². The number of aromatic nitrogens is 1. The number of nitrogens with zero attached hydrogens (tertiary/aromatic N) is 2. The number of amides is 1. The summed E-state index contributed by atoms with van der Waals surface area (Å²) in [7, 11) is 0. The summed E-state index contributed by atoms with van der Waals surface area (Å²) in [6.07, 6.45) is 2.29. The number of halogens is 1. The van der Waals surface area contributed by atoms with Gasteiger partial charge in [-0.25, -0.2) is 0 Å². The normalized spacial score (nSPS) is 10.1. The molecule has 0 aliphatic rings. The van der Waals surface area contributed by atoms with Gasteiger partial charge in [0.25, 0.3) is 11.6 Å².